The fourth-order valence-corrected chi connectivity index (χ4v) is 3.73. The summed E-state index contributed by atoms with van der Waals surface area (Å²) in [6.07, 6.45) is 10.1. The summed E-state index contributed by atoms with van der Waals surface area (Å²) in [5.74, 6) is 2.04. The van der Waals surface area contributed by atoms with Gasteiger partial charge in [-0.25, -0.2) is 0 Å². The largest absolute Gasteiger partial charge is 0.330 e. The van der Waals surface area contributed by atoms with E-state index in [1.165, 1.54) is 44.9 Å². The van der Waals surface area contributed by atoms with Crippen molar-refractivity contribution in [2.24, 2.45) is 23.0 Å². The fraction of sp³-hybridized carbons (Fsp3) is 1.00. The molecule has 1 heteroatoms. The molecule has 1 nitrogen and oxygen atoms in total. The lowest BCUT2D eigenvalue weighted by molar-refractivity contribution is -0.0436. The van der Waals surface area contributed by atoms with Crippen molar-refractivity contribution in [2.45, 2.75) is 51.9 Å². The molecule has 0 aromatic rings. The second-order valence-corrected chi connectivity index (χ2v) is 5.13. The third-order valence-electron chi connectivity index (χ3n) is 4.73. The highest BCUT2D eigenvalue weighted by molar-refractivity contribution is 5.01. The zero-order valence-corrected chi connectivity index (χ0v) is 8.89. The third kappa shape index (κ3) is 1.41. The molecule has 0 unspecified atom stereocenters. The summed E-state index contributed by atoms with van der Waals surface area (Å²) in [5.41, 5.74) is 6.50. The van der Waals surface area contributed by atoms with Crippen LogP contribution in [0.5, 0.6) is 0 Å². The van der Waals surface area contributed by atoms with Crippen LogP contribution in [0.15, 0.2) is 0 Å². The summed E-state index contributed by atoms with van der Waals surface area (Å²) >= 11 is 0. The SMILES string of the molecule is CC[C@@]1(CN)C[C@H]2CCCCC[C@H]21. The van der Waals surface area contributed by atoms with Crippen LogP contribution in [0.3, 0.4) is 0 Å². The standard InChI is InChI=1S/C12H23N/c1-2-12(9-13)8-10-6-4-3-5-7-11(10)12/h10-11H,2-9,13H2,1H3/t10-,11-,12+/m1/s1. The van der Waals surface area contributed by atoms with Crippen LogP contribution >= 0.6 is 0 Å². The van der Waals surface area contributed by atoms with Crippen LogP contribution in [-0.4, -0.2) is 6.54 Å². The highest BCUT2D eigenvalue weighted by atomic mass is 14.7. The van der Waals surface area contributed by atoms with Crippen LogP contribution in [0.1, 0.15) is 51.9 Å². The molecule has 2 aliphatic rings. The van der Waals surface area contributed by atoms with E-state index in [4.69, 9.17) is 5.73 Å². The Kier molecular flexibility index (Phi) is 2.64. The minimum absolute atomic E-state index is 0.564. The van der Waals surface area contributed by atoms with E-state index >= 15 is 0 Å². The first-order chi connectivity index (χ1) is 6.32. The van der Waals surface area contributed by atoms with Crippen molar-refractivity contribution in [2.75, 3.05) is 6.54 Å². The van der Waals surface area contributed by atoms with Gasteiger partial charge in [-0.2, -0.15) is 0 Å². The Morgan fingerprint density at radius 2 is 2.00 bits per heavy atom. The van der Waals surface area contributed by atoms with Gasteiger partial charge in [0.1, 0.15) is 0 Å². The van der Waals surface area contributed by atoms with Gasteiger partial charge in [-0.1, -0.05) is 32.6 Å². The molecule has 0 aromatic carbocycles. The third-order valence-corrected chi connectivity index (χ3v) is 4.73. The normalized spacial score (nSPS) is 44.8. The van der Waals surface area contributed by atoms with Gasteiger partial charge in [0.05, 0.1) is 0 Å². The Balaban J connectivity index is 2.03. The average molecular weight is 181 g/mol. The van der Waals surface area contributed by atoms with Crippen LogP contribution in [-0.2, 0) is 0 Å². The summed E-state index contributed by atoms with van der Waals surface area (Å²) in [6.45, 7) is 3.26. The highest BCUT2D eigenvalue weighted by Crippen LogP contribution is 2.57. The summed E-state index contributed by atoms with van der Waals surface area (Å²) in [5, 5.41) is 0. The molecule has 2 N–H and O–H groups in total. The van der Waals surface area contributed by atoms with E-state index in [1.54, 1.807) is 0 Å². The number of fused-ring (bicyclic) bond motifs is 1. The van der Waals surface area contributed by atoms with Gasteiger partial charge in [-0.15, -0.1) is 0 Å². The molecule has 0 amide bonds. The van der Waals surface area contributed by atoms with Gasteiger partial charge in [0.15, 0.2) is 0 Å². The molecule has 0 radical (unpaired) electrons. The Bertz CT molecular complexity index is 172. The average Bonchev–Trinajstić information content (AvgIpc) is 2.32. The molecule has 13 heavy (non-hydrogen) atoms. The monoisotopic (exact) mass is 181 g/mol. The molecule has 0 spiro atoms. The van der Waals surface area contributed by atoms with E-state index in [-0.39, 0.29) is 0 Å². The summed E-state index contributed by atoms with van der Waals surface area (Å²) in [4.78, 5) is 0. The number of hydrogen-bond acceptors (Lipinski definition) is 1. The lowest BCUT2D eigenvalue weighted by atomic mass is 9.51. The van der Waals surface area contributed by atoms with Gasteiger partial charge in [0.2, 0.25) is 0 Å². The first-order valence-corrected chi connectivity index (χ1v) is 6.02. The summed E-state index contributed by atoms with van der Waals surface area (Å²) < 4.78 is 0. The van der Waals surface area contributed by atoms with Crippen molar-refractivity contribution in [3.8, 4) is 0 Å². The Labute approximate surface area is 82.1 Å². The molecule has 0 aromatic heterocycles. The molecular formula is C12H23N. The zero-order valence-electron chi connectivity index (χ0n) is 8.89. The molecule has 0 saturated heterocycles. The van der Waals surface area contributed by atoms with E-state index in [1.807, 2.05) is 0 Å². The molecule has 3 atom stereocenters. The maximum Gasteiger partial charge on any atom is -0.00178 e. The van der Waals surface area contributed by atoms with Crippen LogP contribution in [0, 0.1) is 17.3 Å². The van der Waals surface area contributed by atoms with Gasteiger partial charge in [0.25, 0.3) is 0 Å². The van der Waals surface area contributed by atoms with Crippen molar-refractivity contribution in [1.29, 1.82) is 0 Å². The van der Waals surface area contributed by atoms with Crippen molar-refractivity contribution in [3.05, 3.63) is 0 Å². The van der Waals surface area contributed by atoms with Gasteiger partial charge in [-0.3, -0.25) is 0 Å². The van der Waals surface area contributed by atoms with Crippen LogP contribution in [0.25, 0.3) is 0 Å². The van der Waals surface area contributed by atoms with E-state index < -0.39 is 0 Å². The zero-order chi connectivity index (χ0) is 9.31. The Hall–Kier alpha value is -0.0400. The number of hydrogen-bond donors (Lipinski definition) is 1. The molecule has 2 aliphatic carbocycles. The molecular weight excluding hydrogens is 158 g/mol. The first kappa shape index (κ1) is 9.51. The van der Waals surface area contributed by atoms with E-state index in [2.05, 4.69) is 6.92 Å². The Morgan fingerprint density at radius 1 is 1.23 bits per heavy atom. The van der Waals surface area contributed by atoms with E-state index in [0.717, 1.165) is 18.4 Å². The predicted molar refractivity (Wildman–Crippen MR) is 56.5 cm³/mol. The topological polar surface area (TPSA) is 26.0 Å². The molecule has 2 rings (SSSR count). The van der Waals surface area contributed by atoms with Gasteiger partial charge in [0, 0.05) is 0 Å². The van der Waals surface area contributed by atoms with Crippen LogP contribution < -0.4 is 5.73 Å². The van der Waals surface area contributed by atoms with E-state index in [9.17, 15) is 0 Å². The van der Waals surface area contributed by atoms with Gasteiger partial charge >= 0.3 is 0 Å². The molecule has 2 fully saturated rings. The minimum Gasteiger partial charge on any atom is -0.330 e. The van der Waals surface area contributed by atoms with Crippen molar-refractivity contribution < 1.29 is 0 Å². The maximum absolute atomic E-state index is 5.94. The lowest BCUT2D eigenvalue weighted by Crippen LogP contribution is -2.51. The fourth-order valence-electron chi connectivity index (χ4n) is 3.73. The molecule has 0 aliphatic heterocycles. The van der Waals surface area contributed by atoms with Crippen molar-refractivity contribution >= 4 is 0 Å². The molecule has 0 heterocycles. The van der Waals surface area contributed by atoms with Crippen molar-refractivity contribution in [3.63, 3.8) is 0 Å². The van der Waals surface area contributed by atoms with E-state index in [0.29, 0.717) is 5.41 Å². The molecule has 2 saturated carbocycles. The number of nitrogens with two attached hydrogens (primary N) is 1. The van der Waals surface area contributed by atoms with Gasteiger partial charge < -0.3 is 5.73 Å². The minimum atomic E-state index is 0.564. The maximum atomic E-state index is 5.94. The smallest absolute Gasteiger partial charge is 0.00178 e. The predicted octanol–water partition coefficient (Wildman–Crippen LogP) is 2.94. The van der Waals surface area contributed by atoms with Crippen LogP contribution in [0.4, 0.5) is 0 Å². The summed E-state index contributed by atoms with van der Waals surface area (Å²) in [7, 11) is 0. The second kappa shape index (κ2) is 3.61. The van der Waals surface area contributed by atoms with Crippen molar-refractivity contribution in [1.82, 2.24) is 0 Å². The first-order valence-electron chi connectivity index (χ1n) is 6.02. The highest BCUT2D eigenvalue weighted by Gasteiger charge is 2.50. The quantitative estimate of drug-likeness (QED) is 0.696. The second-order valence-electron chi connectivity index (χ2n) is 5.13. The van der Waals surface area contributed by atoms with Gasteiger partial charge in [-0.05, 0) is 43.1 Å². The Morgan fingerprint density at radius 3 is 2.69 bits per heavy atom. The summed E-state index contributed by atoms with van der Waals surface area (Å²) in [6, 6.07) is 0. The van der Waals surface area contributed by atoms with Crippen LogP contribution in [0.2, 0.25) is 0 Å². The lowest BCUT2D eigenvalue weighted by Gasteiger charge is -2.55. The molecule has 76 valence electrons. The number of rotatable bonds is 2. The molecule has 0 bridgehead atoms.